The molecule has 0 saturated carbocycles. The van der Waals surface area contributed by atoms with Gasteiger partial charge in [-0.05, 0) is 47.5 Å². The molecule has 0 spiro atoms. The molecule has 11 heteroatoms. The molecule has 4 rings (SSSR count). The van der Waals surface area contributed by atoms with Crippen LogP contribution in [0.4, 0.5) is 17.6 Å². The van der Waals surface area contributed by atoms with Crippen molar-refractivity contribution in [3.63, 3.8) is 0 Å². The van der Waals surface area contributed by atoms with Gasteiger partial charge in [0.1, 0.15) is 11.9 Å². The summed E-state index contributed by atoms with van der Waals surface area (Å²) in [4.78, 5) is 12.9. The lowest BCUT2D eigenvalue weighted by Gasteiger charge is -2.32. The first-order chi connectivity index (χ1) is 16.1. The maximum absolute atomic E-state index is 14.3. The average Bonchev–Trinajstić information content (AvgIpc) is 3.42. The van der Waals surface area contributed by atoms with Gasteiger partial charge in [-0.15, -0.1) is 0 Å². The molecule has 0 aliphatic carbocycles. The van der Waals surface area contributed by atoms with Crippen molar-refractivity contribution in [2.24, 2.45) is 0 Å². The van der Waals surface area contributed by atoms with Crippen molar-refractivity contribution in [3.8, 4) is 11.8 Å². The number of alkyl halides is 3. The van der Waals surface area contributed by atoms with Crippen LogP contribution >= 0.6 is 0 Å². The number of hydrogen-bond donors (Lipinski definition) is 2. The molecule has 0 saturated heterocycles. The molecular weight excluding hydrogens is 454 g/mol. The third-order valence-corrected chi connectivity index (χ3v) is 5.82. The van der Waals surface area contributed by atoms with Crippen molar-refractivity contribution in [2.75, 3.05) is 13.6 Å². The lowest BCUT2D eigenvalue weighted by molar-refractivity contribution is -0.250. The normalized spacial score (nSPS) is 17.9. The number of aromatic nitrogens is 2. The Balaban J connectivity index is 1.78. The highest BCUT2D eigenvalue weighted by molar-refractivity contribution is 5.81. The second-order valence-corrected chi connectivity index (χ2v) is 7.86. The molecule has 0 bridgehead atoms. The molecule has 1 aliphatic rings. The van der Waals surface area contributed by atoms with Crippen LogP contribution in [-0.2, 0) is 10.4 Å². The second kappa shape index (κ2) is 8.46. The van der Waals surface area contributed by atoms with Crippen LogP contribution in [-0.4, -0.2) is 51.5 Å². The van der Waals surface area contributed by atoms with Crippen molar-refractivity contribution >= 4 is 16.8 Å². The zero-order valence-corrected chi connectivity index (χ0v) is 17.8. The number of carbonyl (C=O) groups is 1. The van der Waals surface area contributed by atoms with Gasteiger partial charge in [-0.1, -0.05) is 6.07 Å². The molecule has 1 aromatic heterocycles. The fourth-order valence-electron chi connectivity index (χ4n) is 4.01. The SMILES string of the molecule is CNC(=O)CN1C=C(C(O)(c2ccc3c(cnn3-c3ccc(F)cc3)c2)C(F)(F)F)CC1C#N. The summed E-state index contributed by atoms with van der Waals surface area (Å²) < 4.78 is 57.6. The Hall–Kier alpha value is -3.91. The van der Waals surface area contributed by atoms with E-state index in [0.717, 1.165) is 12.3 Å². The smallest absolute Gasteiger partial charge is 0.372 e. The van der Waals surface area contributed by atoms with Gasteiger partial charge in [0.05, 0.1) is 30.0 Å². The third-order valence-electron chi connectivity index (χ3n) is 5.82. The molecular formula is C23H19F4N5O2. The first-order valence-corrected chi connectivity index (χ1v) is 10.2. The number of benzene rings is 2. The Labute approximate surface area is 191 Å². The molecule has 0 radical (unpaired) electrons. The van der Waals surface area contributed by atoms with Gasteiger partial charge in [0.25, 0.3) is 0 Å². The van der Waals surface area contributed by atoms with E-state index in [9.17, 15) is 32.7 Å². The van der Waals surface area contributed by atoms with Crippen LogP contribution in [0.5, 0.6) is 0 Å². The average molecular weight is 473 g/mol. The van der Waals surface area contributed by atoms with Crippen LogP contribution in [0.1, 0.15) is 12.0 Å². The summed E-state index contributed by atoms with van der Waals surface area (Å²) in [6.45, 7) is -0.324. The highest BCUT2D eigenvalue weighted by Gasteiger charge is 2.59. The Bertz CT molecular complexity index is 1310. The largest absolute Gasteiger partial charge is 0.425 e. The first kappa shape index (κ1) is 23.3. The van der Waals surface area contributed by atoms with Crippen LogP contribution in [0.3, 0.4) is 0 Å². The predicted molar refractivity (Wildman–Crippen MR) is 114 cm³/mol. The van der Waals surface area contributed by atoms with Crippen LogP contribution in [0.2, 0.25) is 0 Å². The number of halogens is 4. The van der Waals surface area contributed by atoms with E-state index >= 15 is 0 Å². The Morgan fingerprint density at radius 3 is 2.59 bits per heavy atom. The summed E-state index contributed by atoms with van der Waals surface area (Å²) in [5.41, 5.74) is -3.31. The van der Waals surface area contributed by atoms with Crippen molar-refractivity contribution in [2.45, 2.75) is 24.2 Å². The number of fused-ring (bicyclic) bond motifs is 1. The maximum atomic E-state index is 14.3. The summed E-state index contributed by atoms with van der Waals surface area (Å²) in [7, 11) is 1.37. The highest BCUT2D eigenvalue weighted by atomic mass is 19.4. The van der Waals surface area contributed by atoms with E-state index in [1.165, 1.54) is 59.2 Å². The van der Waals surface area contributed by atoms with Crippen LogP contribution < -0.4 is 5.32 Å². The summed E-state index contributed by atoms with van der Waals surface area (Å²) in [6, 6.07) is 9.99. The molecule has 34 heavy (non-hydrogen) atoms. The number of amides is 1. The lowest BCUT2D eigenvalue weighted by Crippen LogP contribution is -2.44. The lowest BCUT2D eigenvalue weighted by atomic mass is 9.83. The fraction of sp³-hybridized carbons (Fsp3) is 0.261. The number of nitrogens with one attached hydrogen (secondary N) is 1. The number of nitriles is 1. The summed E-state index contributed by atoms with van der Waals surface area (Å²) in [5.74, 6) is -0.924. The fourth-order valence-corrected chi connectivity index (χ4v) is 4.01. The monoisotopic (exact) mass is 473 g/mol. The van der Waals surface area contributed by atoms with Crippen molar-refractivity contribution in [3.05, 3.63) is 71.8 Å². The van der Waals surface area contributed by atoms with Gasteiger partial charge in [0.15, 0.2) is 0 Å². The van der Waals surface area contributed by atoms with Crippen LogP contribution in [0.15, 0.2) is 60.4 Å². The number of likely N-dealkylation sites (N-methyl/N-ethyl adjacent to an activating group) is 1. The van der Waals surface area contributed by atoms with E-state index < -0.39 is 47.1 Å². The van der Waals surface area contributed by atoms with Gasteiger partial charge in [0, 0.05) is 25.1 Å². The molecule has 2 heterocycles. The first-order valence-electron chi connectivity index (χ1n) is 10.2. The molecule has 7 nitrogen and oxygen atoms in total. The summed E-state index contributed by atoms with van der Waals surface area (Å²) in [6.07, 6.45) is -3.13. The minimum absolute atomic E-state index is 0.321. The van der Waals surface area contributed by atoms with E-state index in [4.69, 9.17) is 0 Å². The molecule has 2 N–H and O–H groups in total. The van der Waals surface area contributed by atoms with E-state index in [2.05, 4.69) is 10.4 Å². The van der Waals surface area contributed by atoms with Gasteiger partial charge >= 0.3 is 6.18 Å². The molecule has 1 aliphatic heterocycles. The topological polar surface area (TPSA) is 94.2 Å². The molecule has 3 aromatic rings. The van der Waals surface area contributed by atoms with Crippen molar-refractivity contribution in [1.82, 2.24) is 20.0 Å². The number of rotatable bonds is 5. The van der Waals surface area contributed by atoms with E-state index in [1.807, 2.05) is 6.07 Å². The zero-order chi connectivity index (χ0) is 24.7. The molecule has 2 atom stereocenters. The second-order valence-electron chi connectivity index (χ2n) is 7.86. The Morgan fingerprint density at radius 2 is 1.97 bits per heavy atom. The van der Waals surface area contributed by atoms with Crippen LogP contribution in [0.25, 0.3) is 16.6 Å². The van der Waals surface area contributed by atoms with E-state index in [-0.39, 0.29) is 6.54 Å². The number of hydrogen-bond acceptors (Lipinski definition) is 5. The zero-order valence-electron chi connectivity index (χ0n) is 17.8. The van der Waals surface area contributed by atoms with Gasteiger partial charge in [-0.25, -0.2) is 9.07 Å². The maximum Gasteiger partial charge on any atom is 0.425 e. The van der Waals surface area contributed by atoms with Gasteiger partial charge in [-0.2, -0.15) is 23.5 Å². The Morgan fingerprint density at radius 1 is 1.26 bits per heavy atom. The predicted octanol–water partition coefficient (Wildman–Crippen LogP) is 3.14. The third kappa shape index (κ3) is 3.86. The molecule has 176 valence electrons. The van der Waals surface area contributed by atoms with Gasteiger partial charge in [0.2, 0.25) is 11.5 Å². The molecule has 1 amide bonds. The summed E-state index contributed by atoms with van der Waals surface area (Å²) >= 11 is 0. The van der Waals surface area contributed by atoms with Gasteiger partial charge < -0.3 is 15.3 Å². The summed E-state index contributed by atoms with van der Waals surface area (Å²) in [5, 5.41) is 27.3. The van der Waals surface area contributed by atoms with E-state index in [0.29, 0.717) is 16.6 Å². The number of aliphatic hydroxyl groups is 1. The molecule has 2 aromatic carbocycles. The quantitative estimate of drug-likeness (QED) is 0.556. The minimum atomic E-state index is -5.11. The standard InChI is InChI=1S/C23H19F4N5O2/c1-29-21(33)13-31-12-16(9-19(31)10-28)22(34,23(25,26)27)15-2-7-20-14(8-15)11-30-32(20)18-5-3-17(24)4-6-18/h2-8,11-12,19,34H,9,13H2,1H3,(H,29,33). The number of carbonyl (C=O) groups excluding carboxylic acids is 1. The molecule has 0 fully saturated rings. The van der Waals surface area contributed by atoms with Crippen molar-refractivity contribution < 1.29 is 27.5 Å². The Kier molecular flexibility index (Phi) is 5.79. The van der Waals surface area contributed by atoms with E-state index in [1.54, 1.807) is 0 Å². The molecule has 2 unspecified atom stereocenters. The minimum Gasteiger partial charge on any atom is -0.372 e. The van der Waals surface area contributed by atoms with Crippen molar-refractivity contribution in [1.29, 1.82) is 5.26 Å². The van der Waals surface area contributed by atoms with Gasteiger partial charge in [-0.3, -0.25) is 4.79 Å². The highest BCUT2D eigenvalue weighted by Crippen LogP contribution is 2.48. The van der Waals surface area contributed by atoms with Crippen LogP contribution in [0, 0.1) is 17.1 Å². The number of nitrogens with zero attached hydrogens (tertiary/aromatic N) is 4.